The number of anilines is 1. The van der Waals surface area contributed by atoms with Crippen molar-refractivity contribution >= 4 is 38.8 Å². The molecule has 2 aromatic rings. The van der Waals surface area contributed by atoms with Gasteiger partial charge in [-0.1, -0.05) is 30.6 Å². The third kappa shape index (κ3) is 4.66. The molecule has 1 aliphatic carbocycles. The summed E-state index contributed by atoms with van der Waals surface area (Å²) >= 11 is 1.59. The largest absolute Gasteiger partial charge is 0.466 e. The molecule has 0 unspecified atom stereocenters. The molecule has 0 aromatic carbocycles. The van der Waals surface area contributed by atoms with Crippen molar-refractivity contribution < 1.29 is 14.3 Å². The van der Waals surface area contributed by atoms with E-state index in [1.807, 2.05) is 24.0 Å². The van der Waals surface area contributed by atoms with E-state index in [0.717, 1.165) is 60.7 Å². The van der Waals surface area contributed by atoms with Crippen LogP contribution >= 0.6 is 11.3 Å². The number of nitrogens with zero attached hydrogens (tertiary/aromatic N) is 4. The van der Waals surface area contributed by atoms with E-state index >= 15 is 0 Å². The first kappa shape index (κ1) is 20.8. The van der Waals surface area contributed by atoms with Gasteiger partial charge in [0.2, 0.25) is 0 Å². The van der Waals surface area contributed by atoms with Crippen LogP contribution in [0.3, 0.4) is 0 Å². The van der Waals surface area contributed by atoms with Crippen LogP contribution in [0.5, 0.6) is 0 Å². The second-order valence-corrected chi connectivity index (χ2v) is 9.01. The van der Waals surface area contributed by atoms with Crippen LogP contribution < -0.4 is 10.2 Å². The molecule has 9 heteroatoms. The molecular weight excluding hydrogens is 402 g/mol. The molecule has 1 saturated heterocycles. The number of ether oxygens (including phenoxy) is 1. The molecule has 1 saturated carbocycles. The van der Waals surface area contributed by atoms with Gasteiger partial charge in [-0.05, 0) is 31.9 Å². The minimum absolute atomic E-state index is 0.0770. The number of aromatic nitrogens is 2. The summed E-state index contributed by atoms with van der Waals surface area (Å²) in [5.74, 6) is -0.228. The van der Waals surface area contributed by atoms with Crippen LogP contribution in [0.25, 0.3) is 10.3 Å². The molecule has 0 spiro atoms. The van der Waals surface area contributed by atoms with E-state index in [9.17, 15) is 9.59 Å². The second-order valence-electron chi connectivity index (χ2n) is 8.05. The predicted octanol–water partition coefficient (Wildman–Crippen LogP) is 3.18. The molecule has 1 N–H and O–H groups in total. The van der Waals surface area contributed by atoms with Crippen LogP contribution in [0.15, 0.2) is 18.3 Å². The number of piperazine rings is 1. The van der Waals surface area contributed by atoms with Gasteiger partial charge in [-0.15, -0.1) is 0 Å². The number of nitrogens with one attached hydrogen (secondary N) is 1. The number of esters is 1. The van der Waals surface area contributed by atoms with E-state index in [1.165, 1.54) is 0 Å². The van der Waals surface area contributed by atoms with Crippen LogP contribution in [-0.4, -0.2) is 65.2 Å². The topological polar surface area (TPSA) is 87.7 Å². The summed E-state index contributed by atoms with van der Waals surface area (Å²) in [6.07, 6.45) is 6.90. The van der Waals surface area contributed by atoms with Gasteiger partial charge >= 0.3 is 12.0 Å². The summed E-state index contributed by atoms with van der Waals surface area (Å²) in [6.45, 7) is 4.91. The number of rotatable bonds is 5. The van der Waals surface area contributed by atoms with E-state index in [2.05, 4.69) is 20.2 Å². The molecule has 2 aliphatic rings. The van der Waals surface area contributed by atoms with Crippen molar-refractivity contribution in [1.29, 1.82) is 0 Å². The summed E-state index contributed by atoms with van der Waals surface area (Å²) in [6, 6.07) is 3.79. The number of urea groups is 1. The first-order chi connectivity index (χ1) is 14.6. The summed E-state index contributed by atoms with van der Waals surface area (Å²) in [4.78, 5) is 39.2. The van der Waals surface area contributed by atoms with Crippen molar-refractivity contribution in [2.24, 2.45) is 0 Å². The lowest BCUT2D eigenvalue weighted by molar-refractivity contribution is -0.145. The lowest BCUT2D eigenvalue weighted by atomic mass is 9.79. The highest BCUT2D eigenvalue weighted by Crippen LogP contribution is 2.32. The Labute approximate surface area is 180 Å². The third-order valence-corrected chi connectivity index (χ3v) is 7.00. The van der Waals surface area contributed by atoms with Gasteiger partial charge in [0, 0.05) is 32.4 Å². The predicted molar refractivity (Wildman–Crippen MR) is 117 cm³/mol. The molecule has 8 nitrogen and oxygen atoms in total. The number of amides is 2. The molecular formula is C21H29N5O3S. The standard InChI is InChI=1S/C21H29N5O3S/c1-2-29-17(27)15-21(8-4-3-5-9-21)24-19(28)25-11-13-26(14-12-25)20-23-16-7-6-10-22-18(16)30-20/h6-7,10H,2-5,8-9,11-15H2,1H3,(H,24,28). The van der Waals surface area contributed by atoms with Gasteiger partial charge < -0.3 is 19.9 Å². The monoisotopic (exact) mass is 431 g/mol. The van der Waals surface area contributed by atoms with Crippen LogP contribution in [0.1, 0.15) is 45.4 Å². The van der Waals surface area contributed by atoms with E-state index in [1.54, 1.807) is 17.5 Å². The Hall–Kier alpha value is -2.42. The fourth-order valence-corrected chi connectivity index (χ4v) is 5.32. The Morgan fingerprint density at radius 2 is 1.97 bits per heavy atom. The normalized spacial score (nSPS) is 19.0. The lowest BCUT2D eigenvalue weighted by Crippen LogP contribution is -2.58. The molecule has 2 fully saturated rings. The number of carbonyl (C=O) groups is 2. The number of thiazole rings is 1. The third-order valence-electron chi connectivity index (χ3n) is 5.96. The van der Waals surface area contributed by atoms with Crippen LogP contribution in [0.2, 0.25) is 0 Å². The van der Waals surface area contributed by atoms with Crippen molar-refractivity contribution in [2.75, 3.05) is 37.7 Å². The number of fused-ring (bicyclic) bond motifs is 1. The van der Waals surface area contributed by atoms with Gasteiger partial charge in [-0.25, -0.2) is 14.8 Å². The molecule has 3 heterocycles. The van der Waals surface area contributed by atoms with Crippen LogP contribution in [0, 0.1) is 0 Å². The van der Waals surface area contributed by atoms with Gasteiger partial charge in [-0.3, -0.25) is 4.79 Å². The fraction of sp³-hybridized carbons (Fsp3) is 0.619. The summed E-state index contributed by atoms with van der Waals surface area (Å²) in [5, 5.41) is 4.17. The zero-order valence-electron chi connectivity index (χ0n) is 17.4. The van der Waals surface area contributed by atoms with Crippen molar-refractivity contribution in [3.8, 4) is 0 Å². The Morgan fingerprint density at radius 3 is 2.67 bits per heavy atom. The molecule has 2 aromatic heterocycles. The Balaban J connectivity index is 1.36. The van der Waals surface area contributed by atoms with Gasteiger partial charge in [0.1, 0.15) is 10.3 Å². The van der Waals surface area contributed by atoms with Crippen LogP contribution in [0.4, 0.5) is 9.93 Å². The molecule has 0 atom stereocenters. The van der Waals surface area contributed by atoms with E-state index in [-0.39, 0.29) is 18.4 Å². The highest BCUT2D eigenvalue weighted by Gasteiger charge is 2.38. The van der Waals surface area contributed by atoms with Gasteiger partial charge in [-0.2, -0.15) is 0 Å². The van der Waals surface area contributed by atoms with E-state index in [0.29, 0.717) is 19.7 Å². The van der Waals surface area contributed by atoms with Gasteiger partial charge in [0.15, 0.2) is 5.13 Å². The second kappa shape index (κ2) is 9.16. The number of carbonyl (C=O) groups excluding carboxylic acids is 2. The van der Waals surface area contributed by atoms with Crippen molar-refractivity contribution in [2.45, 2.75) is 51.0 Å². The maximum absolute atomic E-state index is 13.0. The fourth-order valence-electron chi connectivity index (χ4n) is 4.36. The Morgan fingerprint density at radius 1 is 1.20 bits per heavy atom. The average molecular weight is 432 g/mol. The van der Waals surface area contributed by atoms with Crippen molar-refractivity contribution in [3.63, 3.8) is 0 Å². The molecule has 0 bridgehead atoms. The van der Waals surface area contributed by atoms with Crippen molar-refractivity contribution in [3.05, 3.63) is 18.3 Å². The van der Waals surface area contributed by atoms with Gasteiger partial charge in [0.25, 0.3) is 0 Å². The van der Waals surface area contributed by atoms with E-state index < -0.39 is 5.54 Å². The number of pyridine rings is 1. The Bertz CT molecular complexity index is 855. The Kier molecular flexibility index (Phi) is 6.36. The number of hydrogen-bond acceptors (Lipinski definition) is 7. The van der Waals surface area contributed by atoms with Gasteiger partial charge in [0.05, 0.1) is 18.6 Å². The minimum atomic E-state index is -0.475. The average Bonchev–Trinajstić information content (AvgIpc) is 3.19. The zero-order chi connectivity index (χ0) is 21.0. The number of hydrogen-bond donors (Lipinski definition) is 1. The smallest absolute Gasteiger partial charge is 0.317 e. The van der Waals surface area contributed by atoms with Crippen molar-refractivity contribution in [1.82, 2.24) is 20.2 Å². The zero-order valence-corrected chi connectivity index (χ0v) is 18.2. The first-order valence-electron chi connectivity index (χ1n) is 10.8. The summed E-state index contributed by atoms with van der Waals surface area (Å²) in [7, 11) is 0. The maximum Gasteiger partial charge on any atom is 0.317 e. The lowest BCUT2D eigenvalue weighted by Gasteiger charge is -2.41. The highest BCUT2D eigenvalue weighted by atomic mass is 32.1. The molecule has 1 aliphatic heterocycles. The maximum atomic E-state index is 13.0. The summed E-state index contributed by atoms with van der Waals surface area (Å²) < 4.78 is 5.16. The minimum Gasteiger partial charge on any atom is -0.466 e. The van der Waals surface area contributed by atoms with E-state index in [4.69, 9.17) is 4.74 Å². The molecule has 162 valence electrons. The molecule has 30 heavy (non-hydrogen) atoms. The van der Waals surface area contributed by atoms with Crippen LogP contribution in [-0.2, 0) is 9.53 Å². The molecule has 0 radical (unpaired) electrons. The quantitative estimate of drug-likeness (QED) is 0.732. The highest BCUT2D eigenvalue weighted by molar-refractivity contribution is 7.21. The SMILES string of the molecule is CCOC(=O)CC1(NC(=O)N2CCN(c3nc4cccnc4s3)CC2)CCCCC1. The summed E-state index contributed by atoms with van der Waals surface area (Å²) in [5.41, 5.74) is 0.438. The molecule has 4 rings (SSSR count). The molecule has 2 amide bonds. The first-order valence-corrected chi connectivity index (χ1v) is 11.6.